The van der Waals surface area contributed by atoms with Crippen molar-refractivity contribution < 1.29 is 9.13 Å². The highest BCUT2D eigenvalue weighted by atomic mass is 19.1. The molecule has 90 valence electrons. The van der Waals surface area contributed by atoms with Crippen molar-refractivity contribution >= 4 is 0 Å². The van der Waals surface area contributed by atoms with Gasteiger partial charge in [0.05, 0.1) is 17.8 Å². The first-order valence-corrected chi connectivity index (χ1v) is 5.43. The van der Waals surface area contributed by atoms with Gasteiger partial charge in [0.25, 0.3) is 0 Å². The van der Waals surface area contributed by atoms with E-state index < -0.39 is 5.95 Å². The van der Waals surface area contributed by atoms with Crippen LogP contribution in [0.3, 0.4) is 0 Å². The minimum atomic E-state index is -0.531. The Kier molecular flexibility index (Phi) is 3.54. The van der Waals surface area contributed by atoms with Crippen LogP contribution in [0.5, 0.6) is 5.75 Å². The lowest BCUT2D eigenvalue weighted by molar-refractivity contribution is 0.303. The number of pyridine rings is 1. The fourth-order valence-electron chi connectivity index (χ4n) is 1.54. The summed E-state index contributed by atoms with van der Waals surface area (Å²) < 4.78 is 18.1. The van der Waals surface area contributed by atoms with Gasteiger partial charge in [-0.2, -0.15) is 9.65 Å². The second-order valence-electron chi connectivity index (χ2n) is 3.86. The Morgan fingerprint density at radius 1 is 1.33 bits per heavy atom. The maximum atomic E-state index is 12.6. The zero-order valence-electron chi connectivity index (χ0n) is 9.85. The van der Waals surface area contributed by atoms with Crippen molar-refractivity contribution in [2.45, 2.75) is 13.5 Å². The molecule has 3 nitrogen and oxygen atoms in total. The van der Waals surface area contributed by atoms with Crippen LogP contribution < -0.4 is 4.74 Å². The highest BCUT2D eigenvalue weighted by Gasteiger charge is 2.02. The lowest BCUT2D eigenvalue weighted by Gasteiger charge is -2.08. The van der Waals surface area contributed by atoms with E-state index in [-0.39, 0.29) is 0 Å². The van der Waals surface area contributed by atoms with E-state index >= 15 is 0 Å². The number of nitrogens with zero attached hydrogens (tertiary/aromatic N) is 2. The van der Waals surface area contributed by atoms with Crippen LogP contribution in [0.1, 0.15) is 16.7 Å². The third kappa shape index (κ3) is 2.83. The lowest BCUT2D eigenvalue weighted by Crippen LogP contribution is -1.99. The summed E-state index contributed by atoms with van der Waals surface area (Å²) in [7, 11) is 0. The summed E-state index contributed by atoms with van der Waals surface area (Å²) in [5, 5.41) is 8.76. The van der Waals surface area contributed by atoms with Crippen LogP contribution in [-0.4, -0.2) is 4.98 Å². The molecule has 2 rings (SSSR count). The number of halogens is 1. The average Bonchev–Trinajstić information content (AvgIpc) is 2.39. The number of hydrogen-bond acceptors (Lipinski definition) is 3. The lowest BCUT2D eigenvalue weighted by atomic mass is 10.1. The molecule has 18 heavy (non-hydrogen) atoms. The monoisotopic (exact) mass is 242 g/mol. The summed E-state index contributed by atoms with van der Waals surface area (Å²) in [6.07, 6.45) is 1.34. The summed E-state index contributed by atoms with van der Waals surface area (Å²) >= 11 is 0. The fraction of sp³-hybridized carbons (Fsp3) is 0.143. The van der Waals surface area contributed by atoms with Crippen molar-refractivity contribution in [2.75, 3.05) is 0 Å². The van der Waals surface area contributed by atoms with Crippen molar-refractivity contribution in [2.24, 2.45) is 0 Å². The number of hydrogen-bond donors (Lipinski definition) is 0. The van der Waals surface area contributed by atoms with Crippen molar-refractivity contribution in [1.82, 2.24) is 4.98 Å². The number of rotatable bonds is 3. The Labute approximate surface area is 104 Å². The second-order valence-corrected chi connectivity index (χ2v) is 3.86. The van der Waals surface area contributed by atoms with Crippen LogP contribution in [0, 0.1) is 24.2 Å². The van der Waals surface area contributed by atoms with E-state index in [1.54, 1.807) is 6.07 Å². The smallest absolute Gasteiger partial charge is 0.213 e. The molecule has 0 radical (unpaired) electrons. The van der Waals surface area contributed by atoms with Gasteiger partial charge in [0.1, 0.15) is 12.4 Å². The molecule has 1 heterocycles. The number of ether oxygens (including phenoxy) is 1. The van der Waals surface area contributed by atoms with Crippen LogP contribution >= 0.6 is 0 Å². The van der Waals surface area contributed by atoms with Crippen molar-refractivity contribution in [1.29, 1.82) is 5.26 Å². The third-order valence-corrected chi connectivity index (χ3v) is 2.57. The molecule has 0 saturated carbocycles. The third-order valence-electron chi connectivity index (χ3n) is 2.57. The topological polar surface area (TPSA) is 45.9 Å². The molecular formula is C14H11FN2O. The Morgan fingerprint density at radius 2 is 2.17 bits per heavy atom. The first kappa shape index (κ1) is 12.1. The summed E-state index contributed by atoms with van der Waals surface area (Å²) in [6, 6.07) is 10.3. The van der Waals surface area contributed by atoms with E-state index in [2.05, 4.69) is 11.1 Å². The Hall–Kier alpha value is -2.41. The zero-order chi connectivity index (χ0) is 13.0. The van der Waals surface area contributed by atoms with Gasteiger partial charge >= 0.3 is 0 Å². The molecule has 1 aromatic heterocycles. The Bertz CT molecular complexity index is 588. The summed E-state index contributed by atoms with van der Waals surface area (Å²) in [5.74, 6) is -0.0166. The number of nitriles is 1. The minimum Gasteiger partial charge on any atom is -0.487 e. The molecule has 0 bridgehead atoms. The number of benzene rings is 1. The van der Waals surface area contributed by atoms with Gasteiger partial charge in [-0.1, -0.05) is 6.07 Å². The van der Waals surface area contributed by atoms with Gasteiger partial charge in [0.15, 0.2) is 0 Å². The average molecular weight is 242 g/mol. The van der Waals surface area contributed by atoms with E-state index in [4.69, 9.17) is 10.00 Å². The highest BCUT2D eigenvalue weighted by molar-refractivity contribution is 5.37. The molecule has 0 aliphatic carbocycles. The van der Waals surface area contributed by atoms with Crippen LogP contribution in [0.25, 0.3) is 0 Å². The molecular weight excluding hydrogens is 231 g/mol. The van der Waals surface area contributed by atoms with E-state index in [1.165, 1.54) is 18.3 Å². The van der Waals surface area contributed by atoms with Crippen molar-refractivity contribution in [3.8, 4) is 11.8 Å². The van der Waals surface area contributed by atoms with Crippen LogP contribution in [-0.2, 0) is 6.61 Å². The number of aryl methyl sites for hydroxylation is 1. The maximum Gasteiger partial charge on any atom is 0.213 e. The first-order valence-electron chi connectivity index (χ1n) is 5.43. The van der Waals surface area contributed by atoms with Gasteiger partial charge in [-0.3, -0.25) is 0 Å². The van der Waals surface area contributed by atoms with Crippen LogP contribution in [0.15, 0.2) is 36.5 Å². The van der Waals surface area contributed by atoms with Crippen LogP contribution in [0.4, 0.5) is 4.39 Å². The molecule has 0 unspecified atom stereocenters. The molecule has 4 heteroatoms. The van der Waals surface area contributed by atoms with E-state index in [9.17, 15) is 4.39 Å². The second kappa shape index (κ2) is 5.28. The predicted octanol–water partition coefficient (Wildman–Crippen LogP) is 2.98. The number of aromatic nitrogens is 1. The van der Waals surface area contributed by atoms with Gasteiger partial charge < -0.3 is 4.74 Å². The molecule has 0 fully saturated rings. The Morgan fingerprint density at radius 3 is 2.78 bits per heavy atom. The largest absolute Gasteiger partial charge is 0.487 e. The Balaban J connectivity index is 2.06. The van der Waals surface area contributed by atoms with Crippen molar-refractivity contribution in [3.63, 3.8) is 0 Å². The zero-order valence-corrected chi connectivity index (χ0v) is 9.85. The summed E-state index contributed by atoms with van der Waals surface area (Å²) in [6.45, 7) is 2.29. The molecule has 0 aliphatic heterocycles. The van der Waals surface area contributed by atoms with E-state index in [0.29, 0.717) is 17.9 Å². The summed E-state index contributed by atoms with van der Waals surface area (Å²) in [4.78, 5) is 3.51. The normalized spacial score (nSPS) is 9.83. The molecule has 0 aliphatic rings. The summed E-state index contributed by atoms with van der Waals surface area (Å²) in [5.41, 5.74) is 2.60. The molecule has 2 aromatic rings. The van der Waals surface area contributed by atoms with Gasteiger partial charge in [0, 0.05) is 0 Å². The quantitative estimate of drug-likeness (QED) is 0.777. The molecule has 0 atom stereocenters. The van der Waals surface area contributed by atoms with Crippen molar-refractivity contribution in [3.05, 3.63) is 59.2 Å². The molecule has 1 aromatic carbocycles. The van der Waals surface area contributed by atoms with E-state index in [1.807, 2.05) is 19.1 Å². The van der Waals surface area contributed by atoms with Gasteiger partial charge in [-0.05, 0) is 42.3 Å². The highest BCUT2D eigenvalue weighted by Crippen LogP contribution is 2.15. The van der Waals surface area contributed by atoms with Gasteiger partial charge in [-0.25, -0.2) is 4.98 Å². The van der Waals surface area contributed by atoms with E-state index in [0.717, 1.165) is 11.1 Å². The molecule has 0 amide bonds. The van der Waals surface area contributed by atoms with Gasteiger partial charge in [-0.15, -0.1) is 0 Å². The predicted molar refractivity (Wildman–Crippen MR) is 64.4 cm³/mol. The standard InChI is InChI=1S/C14H11FN2O/c1-10-6-11(7-16)2-3-12(10)9-18-13-4-5-14(15)17-8-13/h2-6,8H,9H2,1H3. The minimum absolute atomic E-state index is 0.366. The molecule has 0 N–H and O–H groups in total. The molecule has 0 spiro atoms. The first-order chi connectivity index (χ1) is 8.69. The fourth-order valence-corrected chi connectivity index (χ4v) is 1.54. The molecule has 0 saturated heterocycles. The van der Waals surface area contributed by atoms with Crippen LogP contribution in [0.2, 0.25) is 0 Å². The van der Waals surface area contributed by atoms with Gasteiger partial charge in [0.2, 0.25) is 5.95 Å². The SMILES string of the molecule is Cc1cc(C#N)ccc1COc1ccc(F)nc1. The maximum absolute atomic E-state index is 12.6.